The molecule has 1 heterocycles. The highest BCUT2D eigenvalue weighted by molar-refractivity contribution is 7.89. The molecular formula is C21H31ClN2O5S. The number of hydrogen-bond donors (Lipinski definition) is 0. The van der Waals surface area contributed by atoms with E-state index in [2.05, 4.69) is 0 Å². The van der Waals surface area contributed by atoms with Crippen molar-refractivity contribution in [1.82, 2.24) is 9.21 Å². The lowest BCUT2D eigenvalue weighted by atomic mass is 10.0. The maximum atomic E-state index is 13.1. The van der Waals surface area contributed by atoms with Gasteiger partial charge in [0.05, 0.1) is 10.6 Å². The van der Waals surface area contributed by atoms with Crippen LogP contribution in [0.5, 0.6) is 0 Å². The topological polar surface area (TPSA) is 84.0 Å². The lowest BCUT2D eigenvalue weighted by Crippen LogP contribution is -2.44. The first-order valence-electron chi connectivity index (χ1n) is 10.2. The highest BCUT2D eigenvalue weighted by Gasteiger charge is 2.31. The molecule has 9 heteroatoms. The molecule has 168 valence electrons. The van der Waals surface area contributed by atoms with Gasteiger partial charge in [-0.1, -0.05) is 18.5 Å². The molecule has 1 aliphatic rings. The summed E-state index contributed by atoms with van der Waals surface area (Å²) in [5, 5.41) is 0.0478. The van der Waals surface area contributed by atoms with Crippen molar-refractivity contribution < 1.29 is 22.7 Å². The predicted molar refractivity (Wildman–Crippen MR) is 116 cm³/mol. The molecule has 1 fully saturated rings. The fraction of sp³-hybridized carbons (Fsp3) is 0.619. The Hall–Kier alpha value is -1.64. The molecule has 7 nitrogen and oxygen atoms in total. The normalized spacial score (nSPS) is 17.9. The average Bonchev–Trinajstić information content (AvgIpc) is 2.65. The van der Waals surface area contributed by atoms with Crippen molar-refractivity contribution in [1.29, 1.82) is 0 Å². The van der Waals surface area contributed by atoms with E-state index in [1.54, 1.807) is 4.90 Å². The summed E-state index contributed by atoms with van der Waals surface area (Å²) < 4.78 is 32.7. The van der Waals surface area contributed by atoms with Gasteiger partial charge in [-0.3, -0.25) is 4.79 Å². The molecule has 1 saturated heterocycles. The van der Waals surface area contributed by atoms with E-state index in [1.807, 2.05) is 34.6 Å². The van der Waals surface area contributed by atoms with E-state index in [-0.39, 0.29) is 39.4 Å². The first-order valence-corrected chi connectivity index (χ1v) is 12.0. The number of halogens is 1. The summed E-state index contributed by atoms with van der Waals surface area (Å²) in [7, 11) is -3.83. The number of piperidine rings is 1. The predicted octanol–water partition coefficient (Wildman–Crippen LogP) is 3.56. The second kappa shape index (κ2) is 10.1. The van der Waals surface area contributed by atoms with E-state index in [0.717, 1.165) is 12.8 Å². The number of amides is 1. The lowest BCUT2D eigenvalue weighted by molar-refractivity contribution is -0.138. The molecule has 0 aromatic heterocycles. The van der Waals surface area contributed by atoms with Crippen molar-refractivity contribution in [3.05, 3.63) is 28.8 Å². The smallest absolute Gasteiger partial charge is 0.338 e. The van der Waals surface area contributed by atoms with Crippen LogP contribution in [0.3, 0.4) is 0 Å². The zero-order valence-electron chi connectivity index (χ0n) is 18.2. The molecule has 1 atom stereocenters. The minimum absolute atomic E-state index is 0.0320. The van der Waals surface area contributed by atoms with Gasteiger partial charge in [0.2, 0.25) is 10.0 Å². The van der Waals surface area contributed by atoms with Crippen LogP contribution >= 0.6 is 11.6 Å². The minimum Gasteiger partial charge on any atom is -0.452 e. The van der Waals surface area contributed by atoms with Gasteiger partial charge in [-0.05, 0) is 64.7 Å². The van der Waals surface area contributed by atoms with Crippen LogP contribution in [-0.2, 0) is 19.6 Å². The standard InChI is InChI=1S/C21H31ClN2O5S/c1-14(2)24(15(3)4)20(25)13-29-21(26)17-8-9-18(22)19(11-17)30(27,28)23-10-6-7-16(5)12-23/h8-9,11,14-16H,6-7,10,12-13H2,1-5H3. The zero-order chi connectivity index (χ0) is 22.6. The highest BCUT2D eigenvalue weighted by atomic mass is 35.5. The molecule has 0 N–H and O–H groups in total. The summed E-state index contributed by atoms with van der Waals surface area (Å²) in [6, 6.07) is 3.93. The Balaban J connectivity index is 2.18. The molecule has 1 aliphatic heterocycles. The largest absolute Gasteiger partial charge is 0.452 e. The Morgan fingerprint density at radius 1 is 1.23 bits per heavy atom. The zero-order valence-corrected chi connectivity index (χ0v) is 19.8. The van der Waals surface area contributed by atoms with Crippen LogP contribution in [0.1, 0.15) is 57.8 Å². The second-order valence-corrected chi connectivity index (χ2v) is 10.6. The SMILES string of the molecule is CC1CCCN(S(=O)(=O)c2cc(C(=O)OCC(=O)N(C(C)C)C(C)C)ccc2Cl)C1. The number of sulfonamides is 1. The van der Waals surface area contributed by atoms with Crippen molar-refractivity contribution in [3.63, 3.8) is 0 Å². The third-order valence-electron chi connectivity index (χ3n) is 5.13. The quantitative estimate of drug-likeness (QED) is 0.583. The number of nitrogens with zero attached hydrogens (tertiary/aromatic N) is 2. The molecule has 1 amide bonds. The van der Waals surface area contributed by atoms with Crippen molar-refractivity contribution >= 4 is 33.5 Å². The van der Waals surface area contributed by atoms with Gasteiger partial charge < -0.3 is 9.64 Å². The van der Waals surface area contributed by atoms with Gasteiger partial charge in [-0.15, -0.1) is 0 Å². The Labute approximate surface area is 184 Å². The van der Waals surface area contributed by atoms with Gasteiger partial charge in [-0.25, -0.2) is 13.2 Å². The molecule has 0 aliphatic carbocycles. The molecule has 2 rings (SSSR count). The van der Waals surface area contributed by atoms with Crippen LogP contribution in [0.25, 0.3) is 0 Å². The number of rotatable bonds is 7. The molecule has 0 saturated carbocycles. The van der Waals surface area contributed by atoms with Crippen LogP contribution in [0.2, 0.25) is 5.02 Å². The van der Waals surface area contributed by atoms with E-state index < -0.39 is 22.6 Å². The van der Waals surface area contributed by atoms with Crippen LogP contribution in [0, 0.1) is 5.92 Å². The minimum atomic E-state index is -3.83. The van der Waals surface area contributed by atoms with Gasteiger partial charge in [0.15, 0.2) is 6.61 Å². The summed E-state index contributed by atoms with van der Waals surface area (Å²) in [6.45, 7) is 9.98. The summed E-state index contributed by atoms with van der Waals surface area (Å²) in [6.07, 6.45) is 1.76. The fourth-order valence-electron chi connectivity index (χ4n) is 3.79. The Morgan fingerprint density at radius 2 is 1.87 bits per heavy atom. The van der Waals surface area contributed by atoms with Crippen molar-refractivity contribution in [2.45, 2.75) is 64.4 Å². The number of carbonyl (C=O) groups excluding carboxylic acids is 2. The van der Waals surface area contributed by atoms with Crippen LogP contribution < -0.4 is 0 Å². The molecule has 1 aromatic rings. The molecular weight excluding hydrogens is 428 g/mol. The van der Waals surface area contributed by atoms with E-state index in [9.17, 15) is 18.0 Å². The van der Waals surface area contributed by atoms with Gasteiger partial charge in [0, 0.05) is 25.2 Å². The van der Waals surface area contributed by atoms with Gasteiger partial charge in [-0.2, -0.15) is 4.31 Å². The summed E-state index contributed by atoms with van der Waals surface area (Å²) >= 11 is 6.16. The molecule has 30 heavy (non-hydrogen) atoms. The Bertz CT molecular complexity index is 877. The van der Waals surface area contributed by atoms with E-state index in [1.165, 1.54) is 22.5 Å². The van der Waals surface area contributed by atoms with Crippen LogP contribution in [0.15, 0.2) is 23.1 Å². The number of ether oxygens (including phenoxy) is 1. The fourth-order valence-corrected chi connectivity index (χ4v) is 5.89. The van der Waals surface area contributed by atoms with Crippen molar-refractivity contribution in [2.75, 3.05) is 19.7 Å². The lowest BCUT2D eigenvalue weighted by Gasteiger charge is -2.30. The first-order chi connectivity index (χ1) is 13.9. The molecule has 1 aromatic carbocycles. The monoisotopic (exact) mass is 458 g/mol. The van der Waals surface area contributed by atoms with Crippen molar-refractivity contribution in [2.24, 2.45) is 5.92 Å². The summed E-state index contributed by atoms with van der Waals surface area (Å²) in [4.78, 5) is 26.4. The molecule has 0 radical (unpaired) electrons. The maximum Gasteiger partial charge on any atom is 0.338 e. The molecule has 0 bridgehead atoms. The van der Waals surface area contributed by atoms with E-state index in [4.69, 9.17) is 16.3 Å². The third-order valence-corrected chi connectivity index (χ3v) is 7.48. The number of benzene rings is 1. The number of carbonyl (C=O) groups is 2. The van der Waals surface area contributed by atoms with Crippen LogP contribution in [-0.4, -0.2) is 61.3 Å². The maximum absolute atomic E-state index is 13.1. The van der Waals surface area contributed by atoms with Gasteiger partial charge in [0.1, 0.15) is 4.90 Å². The van der Waals surface area contributed by atoms with E-state index >= 15 is 0 Å². The third kappa shape index (κ3) is 5.74. The van der Waals surface area contributed by atoms with Crippen LogP contribution in [0.4, 0.5) is 0 Å². The first kappa shape index (κ1) is 24.6. The summed E-state index contributed by atoms with van der Waals surface area (Å²) in [5.74, 6) is -0.815. The summed E-state index contributed by atoms with van der Waals surface area (Å²) in [5.41, 5.74) is 0.0384. The molecule has 0 spiro atoms. The van der Waals surface area contributed by atoms with Gasteiger partial charge in [0.25, 0.3) is 5.91 Å². The van der Waals surface area contributed by atoms with Gasteiger partial charge >= 0.3 is 5.97 Å². The Kier molecular flexibility index (Phi) is 8.30. The van der Waals surface area contributed by atoms with E-state index in [0.29, 0.717) is 13.1 Å². The molecule has 1 unspecified atom stereocenters. The average molecular weight is 459 g/mol. The van der Waals surface area contributed by atoms with Crippen molar-refractivity contribution in [3.8, 4) is 0 Å². The highest BCUT2D eigenvalue weighted by Crippen LogP contribution is 2.29. The number of hydrogen-bond acceptors (Lipinski definition) is 5. The number of esters is 1. The Morgan fingerprint density at radius 3 is 2.43 bits per heavy atom. The second-order valence-electron chi connectivity index (χ2n) is 8.32.